The van der Waals surface area contributed by atoms with E-state index in [0.29, 0.717) is 16.9 Å². The zero-order valence-electron chi connectivity index (χ0n) is 28.2. The number of rotatable bonds is 13. The summed E-state index contributed by atoms with van der Waals surface area (Å²) in [6.07, 6.45) is -2.66. The van der Waals surface area contributed by atoms with Crippen molar-refractivity contribution < 1.29 is 47.5 Å². The lowest BCUT2D eigenvalue weighted by atomic mass is 9.96. The fourth-order valence-electron chi connectivity index (χ4n) is 5.11. The summed E-state index contributed by atoms with van der Waals surface area (Å²) in [5.41, 5.74) is 1.38. The fourth-order valence-corrected chi connectivity index (χ4v) is 5.90. The molecule has 0 aromatic heterocycles. The molecule has 5 rings (SSSR count). The molecule has 0 saturated heterocycles. The van der Waals surface area contributed by atoms with Gasteiger partial charge in [-0.25, -0.2) is 14.4 Å². The molecule has 0 aliphatic rings. The number of methoxy groups -OCH3 is 4. The SMILES string of the molecule is COc1ccc([C@@H](OC(=O)c2ccc(Br)cc2)[C@H](OC(=O)c2ccc(Br)cc2)c2cc(OC)c(OC)c(OC)c2)cc1OC(=O)c1ccc(Br)cc1. The molecule has 268 valence electrons. The quantitative estimate of drug-likeness (QED) is 0.0836. The first-order valence-electron chi connectivity index (χ1n) is 15.4. The predicted molar refractivity (Wildman–Crippen MR) is 203 cm³/mol. The lowest BCUT2D eigenvalue weighted by molar-refractivity contribution is -0.0390. The highest BCUT2D eigenvalue weighted by molar-refractivity contribution is 9.11. The van der Waals surface area contributed by atoms with Crippen molar-refractivity contribution in [1.82, 2.24) is 0 Å². The van der Waals surface area contributed by atoms with Crippen LogP contribution in [-0.2, 0) is 9.47 Å². The Balaban J connectivity index is 1.68. The third-order valence-electron chi connectivity index (χ3n) is 7.72. The second kappa shape index (κ2) is 17.6. The van der Waals surface area contributed by atoms with Crippen LogP contribution in [-0.4, -0.2) is 46.3 Å². The number of benzene rings is 5. The Kier molecular flexibility index (Phi) is 13.0. The van der Waals surface area contributed by atoms with E-state index in [1.54, 1.807) is 97.1 Å². The van der Waals surface area contributed by atoms with Crippen molar-refractivity contribution in [1.29, 1.82) is 0 Å². The van der Waals surface area contributed by atoms with Gasteiger partial charge in [-0.05, 0) is 97.1 Å². The van der Waals surface area contributed by atoms with Crippen LogP contribution in [0.2, 0.25) is 0 Å². The molecule has 5 aromatic carbocycles. The molecular weight excluding hydrogens is 868 g/mol. The van der Waals surface area contributed by atoms with Crippen LogP contribution in [0.25, 0.3) is 0 Å². The minimum absolute atomic E-state index is 0.0282. The second-order valence-corrected chi connectivity index (χ2v) is 13.7. The zero-order chi connectivity index (χ0) is 37.4. The standard InChI is InChI=1S/C39H31Br3O10/c1-46-30-18-11-25(19-31(30)50-37(43)22-5-12-27(40)13-6-22)34(51-38(44)23-7-14-28(41)15-8-23)35(52-39(45)24-9-16-29(42)17-10-24)26-20-32(47-2)36(49-4)33(21-26)48-3/h5-21,34-35H,1-4H3/t34-,35-/m1/s1. The van der Waals surface area contributed by atoms with Crippen molar-refractivity contribution in [3.8, 4) is 28.7 Å². The molecule has 52 heavy (non-hydrogen) atoms. The molecule has 0 N–H and O–H groups in total. The molecule has 0 unspecified atom stereocenters. The van der Waals surface area contributed by atoms with Crippen molar-refractivity contribution >= 4 is 65.7 Å². The van der Waals surface area contributed by atoms with Gasteiger partial charge in [0.15, 0.2) is 35.2 Å². The molecular formula is C39H31Br3O10. The van der Waals surface area contributed by atoms with E-state index in [1.807, 2.05) is 0 Å². The molecule has 0 bridgehead atoms. The van der Waals surface area contributed by atoms with Crippen LogP contribution >= 0.6 is 47.8 Å². The van der Waals surface area contributed by atoms with Crippen LogP contribution in [0.5, 0.6) is 28.7 Å². The van der Waals surface area contributed by atoms with Gasteiger partial charge in [-0.2, -0.15) is 0 Å². The maximum absolute atomic E-state index is 13.8. The highest BCUT2D eigenvalue weighted by Gasteiger charge is 2.35. The molecule has 0 amide bonds. The van der Waals surface area contributed by atoms with E-state index in [4.69, 9.17) is 33.2 Å². The van der Waals surface area contributed by atoms with Gasteiger partial charge in [-0.1, -0.05) is 53.9 Å². The fraction of sp³-hybridized carbons (Fsp3) is 0.154. The van der Waals surface area contributed by atoms with Crippen molar-refractivity contribution in [2.24, 2.45) is 0 Å². The Morgan fingerprint density at radius 1 is 0.442 bits per heavy atom. The Labute approximate surface area is 325 Å². The van der Waals surface area contributed by atoms with Gasteiger partial charge in [0.25, 0.3) is 0 Å². The molecule has 0 aliphatic carbocycles. The highest BCUT2D eigenvalue weighted by atomic mass is 79.9. The van der Waals surface area contributed by atoms with Crippen LogP contribution in [0.1, 0.15) is 54.4 Å². The van der Waals surface area contributed by atoms with Crippen LogP contribution in [0, 0.1) is 0 Å². The number of carbonyl (C=O) groups excluding carboxylic acids is 3. The van der Waals surface area contributed by atoms with Gasteiger partial charge in [0.1, 0.15) is 0 Å². The second-order valence-electron chi connectivity index (χ2n) is 10.9. The minimum Gasteiger partial charge on any atom is -0.493 e. The van der Waals surface area contributed by atoms with Crippen molar-refractivity contribution in [2.75, 3.05) is 28.4 Å². The molecule has 13 heteroatoms. The van der Waals surface area contributed by atoms with Crippen LogP contribution in [0.3, 0.4) is 0 Å². The van der Waals surface area contributed by atoms with Crippen molar-refractivity contribution in [3.63, 3.8) is 0 Å². The molecule has 0 spiro atoms. The van der Waals surface area contributed by atoms with Gasteiger partial charge >= 0.3 is 17.9 Å². The normalized spacial score (nSPS) is 11.8. The number of hydrogen-bond donors (Lipinski definition) is 0. The highest BCUT2D eigenvalue weighted by Crippen LogP contribution is 2.45. The smallest absolute Gasteiger partial charge is 0.343 e. The summed E-state index contributed by atoms with van der Waals surface area (Å²) in [6.45, 7) is 0. The third kappa shape index (κ3) is 9.14. The lowest BCUT2D eigenvalue weighted by Crippen LogP contribution is -2.24. The molecule has 0 radical (unpaired) electrons. The summed E-state index contributed by atoms with van der Waals surface area (Å²) >= 11 is 10.1. The number of carbonyl (C=O) groups is 3. The Morgan fingerprint density at radius 2 is 0.827 bits per heavy atom. The van der Waals surface area contributed by atoms with Gasteiger partial charge in [0.05, 0.1) is 45.1 Å². The monoisotopic (exact) mass is 896 g/mol. The molecule has 0 saturated carbocycles. The zero-order valence-corrected chi connectivity index (χ0v) is 32.9. The molecule has 0 aliphatic heterocycles. The molecule has 2 atom stereocenters. The number of halogens is 3. The van der Waals surface area contributed by atoms with E-state index in [-0.39, 0.29) is 39.7 Å². The first kappa shape index (κ1) is 38.4. The Hall–Kier alpha value is -4.85. The van der Waals surface area contributed by atoms with E-state index < -0.39 is 30.1 Å². The van der Waals surface area contributed by atoms with Crippen LogP contribution in [0.15, 0.2) is 117 Å². The van der Waals surface area contributed by atoms with E-state index in [9.17, 15) is 14.4 Å². The van der Waals surface area contributed by atoms with Gasteiger partial charge in [0, 0.05) is 24.5 Å². The molecule has 0 fully saturated rings. The summed E-state index contributed by atoms with van der Waals surface area (Å²) in [5.74, 6) is -1.03. The maximum Gasteiger partial charge on any atom is 0.343 e. The molecule has 10 nitrogen and oxygen atoms in total. The number of esters is 3. The van der Waals surface area contributed by atoms with E-state index in [1.165, 1.54) is 34.5 Å². The Bertz CT molecular complexity index is 2020. The first-order chi connectivity index (χ1) is 25.0. The molecule has 5 aromatic rings. The van der Waals surface area contributed by atoms with Crippen molar-refractivity contribution in [3.05, 3.63) is 144 Å². The minimum atomic E-state index is -1.34. The van der Waals surface area contributed by atoms with E-state index in [2.05, 4.69) is 47.8 Å². The Morgan fingerprint density at radius 3 is 1.23 bits per heavy atom. The summed E-state index contributed by atoms with van der Waals surface area (Å²) in [5, 5.41) is 0. The van der Waals surface area contributed by atoms with Gasteiger partial charge in [0.2, 0.25) is 5.75 Å². The lowest BCUT2D eigenvalue weighted by Gasteiger charge is -2.29. The molecule has 0 heterocycles. The number of ether oxygens (including phenoxy) is 7. The van der Waals surface area contributed by atoms with Gasteiger partial charge < -0.3 is 33.2 Å². The maximum atomic E-state index is 13.8. The van der Waals surface area contributed by atoms with Crippen LogP contribution in [0.4, 0.5) is 0 Å². The average Bonchev–Trinajstić information content (AvgIpc) is 3.16. The predicted octanol–water partition coefficient (Wildman–Crippen LogP) is 9.72. The summed E-state index contributed by atoms with van der Waals surface area (Å²) in [7, 11) is 5.78. The summed E-state index contributed by atoms with van der Waals surface area (Å²) in [6, 6.07) is 27.7. The van der Waals surface area contributed by atoms with E-state index in [0.717, 1.165) is 13.4 Å². The van der Waals surface area contributed by atoms with Crippen LogP contribution < -0.4 is 23.7 Å². The van der Waals surface area contributed by atoms with E-state index >= 15 is 0 Å². The van der Waals surface area contributed by atoms with Gasteiger partial charge in [-0.15, -0.1) is 0 Å². The first-order valence-corrected chi connectivity index (χ1v) is 17.8. The average molecular weight is 899 g/mol. The third-order valence-corrected chi connectivity index (χ3v) is 9.30. The topological polar surface area (TPSA) is 116 Å². The number of hydrogen-bond acceptors (Lipinski definition) is 10. The summed E-state index contributed by atoms with van der Waals surface area (Å²) < 4.78 is 42.9. The van der Waals surface area contributed by atoms with Gasteiger partial charge in [-0.3, -0.25) is 0 Å². The van der Waals surface area contributed by atoms with Crippen molar-refractivity contribution in [2.45, 2.75) is 12.2 Å². The largest absolute Gasteiger partial charge is 0.493 e. The summed E-state index contributed by atoms with van der Waals surface area (Å²) in [4.78, 5) is 40.9.